The van der Waals surface area contributed by atoms with Crippen molar-refractivity contribution in [3.63, 3.8) is 0 Å². The molecule has 6 heteroatoms. The summed E-state index contributed by atoms with van der Waals surface area (Å²) in [7, 11) is 2.07. The second-order valence-electron chi connectivity index (χ2n) is 6.85. The highest BCUT2D eigenvalue weighted by atomic mass is 15.3. The van der Waals surface area contributed by atoms with Crippen LogP contribution in [0.15, 0.2) is 36.7 Å². The minimum Gasteiger partial charge on any atom is -0.317 e. The lowest BCUT2D eigenvalue weighted by Gasteiger charge is -2.15. The van der Waals surface area contributed by atoms with Gasteiger partial charge in [0.15, 0.2) is 0 Å². The van der Waals surface area contributed by atoms with Gasteiger partial charge in [0.05, 0.1) is 6.54 Å². The van der Waals surface area contributed by atoms with Gasteiger partial charge < -0.3 is 14.5 Å². The molecule has 0 aliphatic heterocycles. The van der Waals surface area contributed by atoms with Crippen molar-refractivity contribution in [3.8, 4) is 5.69 Å². The van der Waals surface area contributed by atoms with E-state index in [1.54, 1.807) is 0 Å². The van der Waals surface area contributed by atoms with Crippen molar-refractivity contribution in [3.05, 3.63) is 59.7 Å². The summed E-state index contributed by atoms with van der Waals surface area (Å²) in [5, 5.41) is 12.2. The molecule has 1 atom stereocenters. The van der Waals surface area contributed by atoms with Crippen molar-refractivity contribution >= 4 is 0 Å². The molecule has 1 aliphatic carbocycles. The molecular weight excluding hydrogens is 312 g/mol. The van der Waals surface area contributed by atoms with Gasteiger partial charge >= 0.3 is 0 Å². The van der Waals surface area contributed by atoms with E-state index in [4.69, 9.17) is 0 Å². The number of aromatic nitrogens is 5. The number of rotatable bonds is 6. The lowest BCUT2D eigenvalue weighted by Crippen LogP contribution is -2.20. The smallest absolute Gasteiger partial charge is 0.146 e. The van der Waals surface area contributed by atoms with Crippen molar-refractivity contribution in [1.82, 2.24) is 29.6 Å². The highest BCUT2D eigenvalue weighted by molar-refractivity contribution is 5.36. The van der Waals surface area contributed by atoms with Gasteiger partial charge in [0.25, 0.3) is 0 Å². The molecule has 25 heavy (non-hydrogen) atoms. The summed E-state index contributed by atoms with van der Waals surface area (Å²) in [4.78, 5) is 4.28. The van der Waals surface area contributed by atoms with Crippen molar-refractivity contribution in [1.29, 1.82) is 0 Å². The second kappa shape index (κ2) is 6.44. The molecule has 0 amide bonds. The molecule has 3 aromatic rings. The summed E-state index contributed by atoms with van der Waals surface area (Å²) in [6.45, 7) is 4.91. The molecule has 130 valence electrons. The van der Waals surface area contributed by atoms with Crippen LogP contribution in [0.5, 0.6) is 0 Å². The van der Waals surface area contributed by atoms with E-state index in [-0.39, 0.29) is 6.04 Å². The molecule has 0 unspecified atom stereocenters. The Morgan fingerprint density at radius 2 is 1.96 bits per heavy atom. The normalized spacial score (nSPS) is 15.5. The van der Waals surface area contributed by atoms with Gasteiger partial charge in [0.2, 0.25) is 0 Å². The van der Waals surface area contributed by atoms with Crippen LogP contribution in [0.3, 0.4) is 0 Å². The van der Waals surface area contributed by atoms with Crippen LogP contribution < -0.4 is 5.32 Å². The standard InChI is InChI=1S/C19H24N6/c1-13(21-12-18-22-23-19(24(18)3)16-4-5-16)15-6-8-17(9-7-15)25-11-10-20-14(25)2/h6-11,13,16,21H,4-5,12H2,1-3H3/t13-/m1/s1. The van der Waals surface area contributed by atoms with Gasteiger partial charge in [-0.2, -0.15) is 0 Å². The zero-order chi connectivity index (χ0) is 17.4. The zero-order valence-electron chi connectivity index (χ0n) is 15.0. The fraction of sp³-hybridized carbons (Fsp3) is 0.421. The van der Waals surface area contributed by atoms with Gasteiger partial charge in [-0.25, -0.2) is 4.98 Å². The van der Waals surface area contributed by atoms with E-state index >= 15 is 0 Å². The van der Waals surface area contributed by atoms with Gasteiger partial charge in [-0.3, -0.25) is 0 Å². The Kier molecular flexibility index (Phi) is 4.13. The largest absolute Gasteiger partial charge is 0.317 e. The Bertz CT molecular complexity index is 856. The third-order valence-electron chi connectivity index (χ3n) is 5.00. The maximum Gasteiger partial charge on any atom is 0.146 e. The Labute approximate surface area is 147 Å². The number of benzene rings is 1. The van der Waals surface area contributed by atoms with Gasteiger partial charge in [-0.1, -0.05) is 12.1 Å². The lowest BCUT2D eigenvalue weighted by atomic mass is 10.1. The van der Waals surface area contributed by atoms with Crippen LogP contribution in [-0.4, -0.2) is 24.3 Å². The molecule has 4 rings (SSSR count). The van der Waals surface area contributed by atoms with Gasteiger partial charge in [-0.15, -0.1) is 10.2 Å². The van der Waals surface area contributed by atoms with Gasteiger partial charge in [-0.05, 0) is 44.4 Å². The first-order valence-corrected chi connectivity index (χ1v) is 8.85. The number of imidazole rings is 1. The molecule has 0 radical (unpaired) electrons. The Hall–Kier alpha value is -2.47. The summed E-state index contributed by atoms with van der Waals surface area (Å²) in [6, 6.07) is 8.85. The summed E-state index contributed by atoms with van der Waals surface area (Å²) in [5.41, 5.74) is 2.39. The first-order chi connectivity index (χ1) is 12.1. The summed E-state index contributed by atoms with van der Waals surface area (Å²) in [6.07, 6.45) is 6.30. The Morgan fingerprint density at radius 1 is 1.20 bits per heavy atom. The molecule has 1 fully saturated rings. The van der Waals surface area contributed by atoms with E-state index in [9.17, 15) is 0 Å². The molecule has 1 N–H and O–H groups in total. The molecule has 1 aliphatic rings. The zero-order valence-corrected chi connectivity index (χ0v) is 15.0. The SMILES string of the molecule is Cc1nccn1-c1ccc([C@@H](C)NCc2nnc(C3CC3)n2C)cc1. The minimum absolute atomic E-state index is 0.249. The number of hydrogen-bond acceptors (Lipinski definition) is 4. The van der Waals surface area contributed by atoms with Gasteiger partial charge in [0.1, 0.15) is 17.5 Å². The fourth-order valence-corrected chi connectivity index (χ4v) is 3.16. The minimum atomic E-state index is 0.249. The van der Waals surface area contributed by atoms with Crippen molar-refractivity contribution in [2.24, 2.45) is 7.05 Å². The maximum absolute atomic E-state index is 4.34. The lowest BCUT2D eigenvalue weighted by molar-refractivity contribution is 0.546. The quantitative estimate of drug-likeness (QED) is 0.751. The van der Waals surface area contributed by atoms with E-state index in [0.717, 1.165) is 29.7 Å². The average Bonchev–Trinajstić information content (AvgIpc) is 3.27. The van der Waals surface area contributed by atoms with Crippen LogP contribution in [0.4, 0.5) is 0 Å². The molecule has 6 nitrogen and oxygen atoms in total. The fourth-order valence-electron chi connectivity index (χ4n) is 3.16. The molecule has 2 heterocycles. The summed E-state index contributed by atoms with van der Waals surface area (Å²) < 4.78 is 4.23. The van der Waals surface area contributed by atoms with Crippen molar-refractivity contribution < 1.29 is 0 Å². The van der Waals surface area contributed by atoms with Crippen LogP contribution in [0.25, 0.3) is 5.69 Å². The number of hydrogen-bond donors (Lipinski definition) is 1. The molecule has 0 saturated heterocycles. The van der Waals surface area contributed by atoms with E-state index < -0.39 is 0 Å². The molecule has 1 saturated carbocycles. The van der Waals surface area contributed by atoms with Gasteiger partial charge in [0, 0.05) is 37.1 Å². The maximum atomic E-state index is 4.34. The second-order valence-corrected chi connectivity index (χ2v) is 6.85. The number of aryl methyl sites for hydroxylation is 1. The first-order valence-electron chi connectivity index (χ1n) is 8.85. The third-order valence-corrected chi connectivity index (χ3v) is 5.00. The Morgan fingerprint density at radius 3 is 2.60 bits per heavy atom. The van der Waals surface area contributed by atoms with E-state index in [1.165, 1.54) is 18.4 Å². The van der Waals surface area contributed by atoms with Crippen LogP contribution in [0, 0.1) is 6.92 Å². The third kappa shape index (κ3) is 3.22. The summed E-state index contributed by atoms with van der Waals surface area (Å²) >= 11 is 0. The van der Waals surface area contributed by atoms with E-state index in [1.807, 2.05) is 19.3 Å². The monoisotopic (exact) mass is 336 g/mol. The average molecular weight is 336 g/mol. The molecular formula is C19H24N6. The van der Waals surface area contributed by atoms with Crippen LogP contribution in [0.1, 0.15) is 54.8 Å². The van der Waals surface area contributed by atoms with Crippen LogP contribution in [0.2, 0.25) is 0 Å². The van der Waals surface area contributed by atoms with Crippen molar-refractivity contribution in [2.45, 2.75) is 45.2 Å². The van der Waals surface area contributed by atoms with Crippen molar-refractivity contribution in [2.75, 3.05) is 0 Å². The predicted octanol–water partition coefficient (Wildman–Crippen LogP) is 3.04. The van der Waals surface area contributed by atoms with Crippen LogP contribution in [-0.2, 0) is 13.6 Å². The van der Waals surface area contributed by atoms with E-state index in [2.05, 4.69) is 67.9 Å². The molecule has 0 bridgehead atoms. The highest BCUT2D eigenvalue weighted by Crippen LogP contribution is 2.38. The number of nitrogens with zero attached hydrogens (tertiary/aromatic N) is 5. The number of nitrogens with one attached hydrogen (secondary N) is 1. The topological polar surface area (TPSA) is 60.6 Å². The molecule has 0 spiro atoms. The highest BCUT2D eigenvalue weighted by Gasteiger charge is 2.29. The molecule has 1 aromatic carbocycles. The predicted molar refractivity (Wildman–Crippen MR) is 96.5 cm³/mol. The van der Waals surface area contributed by atoms with E-state index in [0.29, 0.717) is 5.92 Å². The molecule has 2 aromatic heterocycles. The van der Waals surface area contributed by atoms with Crippen LogP contribution >= 0.6 is 0 Å². The Balaban J connectivity index is 1.41. The summed E-state index contributed by atoms with van der Waals surface area (Å²) in [5.74, 6) is 3.75. The first kappa shape index (κ1) is 16.0.